The van der Waals surface area contributed by atoms with Gasteiger partial charge in [-0.15, -0.1) is 12.4 Å². The standard InChI is InChI=1S/C22H27N5O2.ClH/c1-17(28)25-22-7-6-18(16-24-22)29-15-3-10-26-11-13-27(14-12-26)21-5-2-4-20-19(21)8-9-23-20;/h2,4-9,16,23H,3,10-15H2,1H3,(H,24,25,28);1H. The van der Waals surface area contributed by atoms with Gasteiger partial charge >= 0.3 is 0 Å². The number of carbonyl (C=O) groups excluding carboxylic acids is 1. The number of aromatic amines is 1. The minimum absolute atomic E-state index is 0. The number of hydrogen-bond donors (Lipinski definition) is 2. The highest BCUT2D eigenvalue weighted by Gasteiger charge is 2.18. The Bertz CT molecular complexity index is 952. The summed E-state index contributed by atoms with van der Waals surface area (Å²) in [4.78, 5) is 23.4. The van der Waals surface area contributed by atoms with Crippen molar-refractivity contribution in [3.05, 3.63) is 48.8 Å². The summed E-state index contributed by atoms with van der Waals surface area (Å²) in [6, 6.07) is 12.2. The molecule has 8 heteroatoms. The Balaban J connectivity index is 0.00000256. The number of nitrogens with one attached hydrogen (secondary N) is 2. The smallest absolute Gasteiger partial charge is 0.222 e. The van der Waals surface area contributed by atoms with E-state index in [4.69, 9.17) is 4.74 Å². The topological polar surface area (TPSA) is 73.5 Å². The van der Waals surface area contributed by atoms with Crippen molar-refractivity contribution >= 4 is 40.7 Å². The number of pyridine rings is 1. The Morgan fingerprint density at radius 3 is 2.73 bits per heavy atom. The van der Waals surface area contributed by atoms with Crippen molar-refractivity contribution in [2.45, 2.75) is 13.3 Å². The van der Waals surface area contributed by atoms with Crippen LogP contribution in [0.1, 0.15) is 13.3 Å². The van der Waals surface area contributed by atoms with Crippen LogP contribution in [0.15, 0.2) is 48.8 Å². The molecule has 3 aromatic rings. The van der Waals surface area contributed by atoms with E-state index < -0.39 is 0 Å². The molecule has 1 saturated heterocycles. The number of hydrogen-bond acceptors (Lipinski definition) is 5. The quantitative estimate of drug-likeness (QED) is 0.562. The molecule has 0 spiro atoms. The molecule has 1 aromatic carbocycles. The zero-order valence-electron chi connectivity index (χ0n) is 17.1. The highest BCUT2D eigenvalue weighted by Crippen LogP contribution is 2.26. The largest absolute Gasteiger partial charge is 0.492 e. The van der Waals surface area contributed by atoms with E-state index in [2.05, 4.69) is 49.4 Å². The fraction of sp³-hybridized carbons (Fsp3) is 0.364. The Labute approximate surface area is 182 Å². The van der Waals surface area contributed by atoms with E-state index in [0.29, 0.717) is 12.4 Å². The monoisotopic (exact) mass is 429 g/mol. The molecule has 1 amide bonds. The average molecular weight is 430 g/mol. The van der Waals surface area contributed by atoms with Gasteiger partial charge in [-0.1, -0.05) is 6.07 Å². The van der Waals surface area contributed by atoms with Crippen molar-refractivity contribution < 1.29 is 9.53 Å². The lowest BCUT2D eigenvalue weighted by molar-refractivity contribution is -0.114. The van der Waals surface area contributed by atoms with E-state index in [1.165, 1.54) is 23.5 Å². The summed E-state index contributed by atoms with van der Waals surface area (Å²) < 4.78 is 5.77. The van der Waals surface area contributed by atoms with E-state index in [1.807, 2.05) is 12.3 Å². The number of carbonyl (C=O) groups is 1. The number of benzene rings is 1. The van der Waals surface area contributed by atoms with Crippen LogP contribution in [0, 0.1) is 0 Å². The SMILES string of the molecule is CC(=O)Nc1ccc(OCCCN2CCN(c3cccc4[nH]ccc34)CC2)cn1.Cl. The molecule has 30 heavy (non-hydrogen) atoms. The molecule has 2 aromatic heterocycles. The molecule has 0 unspecified atom stereocenters. The molecule has 0 radical (unpaired) electrons. The van der Waals surface area contributed by atoms with E-state index >= 15 is 0 Å². The molecule has 4 rings (SSSR count). The summed E-state index contributed by atoms with van der Waals surface area (Å²) in [7, 11) is 0. The number of aromatic nitrogens is 2. The van der Waals surface area contributed by atoms with Gasteiger partial charge in [0.15, 0.2) is 0 Å². The predicted octanol–water partition coefficient (Wildman–Crippen LogP) is 3.53. The molecule has 7 nitrogen and oxygen atoms in total. The van der Waals surface area contributed by atoms with Crippen LogP contribution in [0.5, 0.6) is 5.75 Å². The van der Waals surface area contributed by atoms with Crippen LogP contribution in [0.25, 0.3) is 10.9 Å². The third-order valence-electron chi connectivity index (χ3n) is 5.21. The third-order valence-corrected chi connectivity index (χ3v) is 5.21. The number of piperazine rings is 1. The average Bonchev–Trinajstić information content (AvgIpc) is 3.21. The van der Waals surface area contributed by atoms with Crippen LogP contribution in [0.4, 0.5) is 11.5 Å². The van der Waals surface area contributed by atoms with Gasteiger partial charge in [0.1, 0.15) is 11.6 Å². The maximum Gasteiger partial charge on any atom is 0.222 e. The second-order valence-corrected chi connectivity index (χ2v) is 7.31. The molecule has 1 fully saturated rings. The predicted molar refractivity (Wildman–Crippen MR) is 123 cm³/mol. The summed E-state index contributed by atoms with van der Waals surface area (Å²) in [5.41, 5.74) is 2.52. The summed E-state index contributed by atoms with van der Waals surface area (Å²) >= 11 is 0. The van der Waals surface area contributed by atoms with Gasteiger partial charge in [0, 0.05) is 62.4 Å². The highest BCUT2D eigenvalue weighted by atomic mass is 35.5. The number of nitrogens with zero attached hydrogens (tertiary/aromatic N) is 3. The van der Waals surface area contributed by atoms with Gasteiger partial charge in [-0.05, 0) is 36.8 Å². The second kappa shape index (κ2) is 10.3. The molecular weight excluding hydrogens is 402 g/mol. The Morgan fingerprint density at radius 1 is 1.17 bits per heavy atom. The molecule has 160 valence electrons. The lowest BCUT2D eigenvalue weighted by atomic mass is 10.1. The van der Waals surface area contributed by atoms with E-state index in [1.54, 1.807) is 12.3 Å². The molecule has 3 heterocycles. The number of halogens is 1. The normalized spacial score (nSPS) is 14.4. The minimum atomic E-state index is -0.129. The third kappa shape index (κ3) is 5.43. The molecular formula is C22H28ClN5O2. The number of rotatable bonds is 7. The fourth-order valence-electron chi connectivity index (χ4n) is 3.76. The van der Waals surface area contributed by atoms with Gasteiger partial charge in [-0.25, -0.2) is 4.98 Å². The maximum absolute atomic E-state index is 11.0. The number of ether oxygens (including phenoxy) is 1. The van der Waals surface area contributed by atoms with Gasteiger partial charge in [0.2, 0.25) is 5.91 Å². The summed E-state index contributed by atoms with van der Waals surface area (Å²) in [5.74, 6) is 1.14. The Hall–Kier alpha value is -2.77. The van der Waals surface area contributed by atoms with E-state index in [-0.39, 0.29) is 18.3 Å². The molecule has 0 saturated carbocycles. The van der Waals surface area contributed by atoms with Crippen LogP contribution in [-0.2, 0) is 4.79 Å². The highest BCUT2D eigenvalue weighted by molar-refractivity contribution is 5.92. The first kappa shape index (κ1) is 21.9. The first-order chi connectivity index (χ1) is 14.2. The molecule has 2 N–H and O–H groups in total. The number of amides is 1. The Morgan fingerprint density at radius 2 is 2.00 bits per heavy atom. The lowest BCUT2D eigenvalue weighted by Gasteiger charge is -2.36. The van der Waals surface area contributed by atoms with Crippen molar-refractivity contribution in [1.82, 2.24) is 14.9 Å². The first-order valence-electron chi connectivity index (χ1n) is 10.1. The molecule has 0 aliphatic carbocycles. The van der Waals surface area contributed by atoms with Crippen LogP contribution in [0.2, 0.25) is 0 Å². The van der Waals surface area contributed by atoms with Crippen molar-refractivity contribution in [2.75, 3.05) is 49.5 Å². The van der Waals surface area contributed by atoms with Gasteiger partial charge in [-0.3, -0.25) is 9.69 Å². The summed E-state index contributed by atoms with van der Waals surface area (Å²) in [5, 5.41) is 3.95. The van der Waals surface area contributed by atoms with Crippen LogP contribution in [-0.4, -0.2) is 60.1 Å². The number of H-pyrrole nitrogens is 1. The first-order valence-corrected chi connectivity index (χ1v) is 10.1. The van der Waals surface area contributed by atoms with Crippen molar-refractivity contribution in [2.24, 2.45) is 0 Å². The van der Waals surface area contributed by atoms with Crippen molar-refractivity contribution in [1.29, 1.82) is 0 Å². The fourth-order valence-corrected chi connectivity index (χ4v) is 3.76. The summed E-state index contributed by atoms with van der Waals surface area (Å²) in [6.45, 7) is 7.36. The van der Waals surface area contributed by atoms with Gasteiger partial charge in [0.05, 0.1) is 12.8 Å². The zero-order valence-corrected chi connectivity index (χ0v) is 18.0. The number of anilines is 2. The van der Waals surface area contributed by atoms with Crippen molar-refractivity contribution in [3.63, 3.8) is 0 Å². The second-order valence-electron chi connectivity index (χ2n) is 7.31. The number of fused-ring (bicyclic) bond motifs is 1. The van der Waals surface area contributed by atoms with E-state index in [0.717, 1.165) is 44.9 Å². The molecule has 1 aliphatic rings. The summed E-state index contributed by atoms with van der Waals surface area (Å²) in [6.07, 6.45) is 4.62. The maximum atomic E-state index is 11.0. The molecule has 0 atom stereocenters. The Kier molecular flexibility index (Phi) is 7.54. The minimum Gasteiger partial charge on any atom is -0.492 e. The molecule has 0 bridgehead atoms. The van der Waals surface area contributed by atoms with Gasteiger partial charge in [-0.2, -0.15) is 0 Å². The lowest BCUT2D eigenvalue weighted by Crippen LogP contribution is -2.46. The molecule has 1 aliphatic heterocycles. The van der Waals surface area contributed by atoms with Crippen LogP contribution >= 0.6 is 12.4 Å². The van der Waals surface area contributed by atoms with Gasteiger partial charge in [0.25, 0.3) is 0 Å². The van der Waals surface area contributed by atoms with E-state index in [9.17, 15) is 4.79 Å². The van der Waals surface area contributed by atoms with Gasteiger partial charge < -0.3 is 19.9 Å². The van der Waals surface area contributed by atoms with Crippen molar-refractivity contribution in [3.8, 4) is 5.75 Å². The van der Waals surface area contributed by atoms with Crippen LogP contribution in [0.3, 0.4) is 0 Å². The van der Waals surface area contributed by atoms with Crippen LogP contribution < -0.4 is 15.0 Å². The zero-order chi connectivity index (χ0) is 20.1.